The first-order chi connectivity index (χ1) is 19.2. The largest absolute Gasteiger partial charge is 0.497 e. The number of ketones is 1. The highest BCUT2D eigenvalue weighted by molar-refractivity contribution is 7.00. The Morgan fingerprint density at radius 2 is 1.55 bits per heavy atom. The van der Waals surface area contributed by atoms with Gasteiger partial charge < -0.3 is 24.4 Å². The van der Waals surface area contributed by atoms with E-state index in [2.05, 4.69) is 8.75 Å². The van der Waals surface area contributed by atoms with Crippen LogP contribution < -0.4 is 14.2 Å². The van der Waals surface area contributed by atoms with E-state index in [0.29, 0.717) is 28.1 Å². The molecule has 4 rings (SSSR count). The molecule has 0 spiro atoms. The quantitative estimate of drug-likeness (QED) is 0.180. The Morgan fingerprint density at radius 1 is 0.875 bits per heavy atom. The van der Waals surface area contributed by atoms with E-state index in [0.717, 1.165) is 11.7 Å². The van der Waals surface area contributed by atoms with Gasteiger partial charge in [0.15, 0.2) is 12.4 Å². The van der Waals surface area contributed by atoms with Crippen LogP contribution in [0.4, 0.5) is 0 Å². The van der Waals surface area contributed by atoms with E-state index in [9.17, 15) is 19.5 Å². The lowest BCUT2D eigenvalue weighted by Gasteiger charge is -2.16. The summed E-state index contributed by atoms with van der Waals surface area (Å²) in [7, 11) is 1.45. The van der Waals surface area contributed by atoms with Crippen LogP contribution in [0.3, 0.4) is 0 Å². The number of Topliss-reactive ketones (excluding diaryl/α,β-unsaturated/α-hetero) is 1. The molecule has 0 saturated heterocycles. The molecule has 0 aliphatic rings. The van der Waals surface area contributed by atoms with Crippen LogP contribution in [-0.4, -0.2) is 56.5 Å². The normalized spacial score (nSPS) is 11.7. The molecule has 3 aromatic carbocycles. The SMILES string of the molecule is COc1ccc(CC(C(=O)c2ccc(OC(C)C)cc2)=C(C(=O)O)c2ccc3nsnc3c2)c(OCC(=O)O)c1. The number of carboxylic acids is 2. The van der Waals surface area contributed by atoms with Crippen molar-refractivity contribution in [1.29, 1.82) is 0 Å². The number of aromatic nitrogens is 2. The lowest BCUT2D eigenvalue weighted by Crippen LogP contribution is -2.15. The summed E-state index contributed by atoms with van der Waals surface area (Å²) in [6.45, 7) is 3.13. The van der Waals surface area contributed by atoms with Crippen molar-refractivity contribution in [1.82, 2.24) is 8.75 Å². The highest BCUT2D eigenvalue weighted by atomic mass is 32.1. The molecule has 11 heteroatoms. The third kappa shape index (κ3) is 6.62. The van der Waals surface area contributed by atoms with Crippen molar-refractivity contribution in [3.63, 3.8) is 0 Å². The molecule has 0 bridgehead atoms. The van der Waals surface area contributed by atoms with Crippen molar-refractivity contribution in [3.8, 4) is 17.2 Å². The number of ether oxygens (including phenoxy) is 3. The summed E-state index contributed by atoms with van der Waals surface area (Å²) in [5.41, 5.74) is 1.78. The number of allylic oxidation sites excluding steroid dienone is 1. The number of methoxy groups -OCH3 is 1. The molecule has 0 saturated carbocycles. The van der Waals surface area contributed by atoms with E-state index in [1.54, 1.807) is 54.6 Å². The van der Waals surface area contributed by atoms with Gasteiger partial charge in [-0.1, -0.05) is 12.1 Å². The fourth-order valence-electron chi connectivity index (χ4n) is 4.05. The van der Waals surface area contributed by atoms with E-state index in [-0.39, 0.29) is 40.5 Å². The Labute approximate surface area is 233 Å². The van der Waals surface area contributed by atoms with Gasteiger partial charge >= 0.3 is 11.9 Å². The Kier molecular flexibility index (Phi) is 8.75. The number of hydrogen-bond acceptors (Lipinski definition) is 9. The molecule has 0 radical (unpaired) electrons. The van der Waals surface area contributed by atoms with Crippen molar-refractivity contribution < 1.29 is 38.8 Å². The minimum Gasteiger partial charge on any atom is -0.497 e. The molecule has 0 unspecified atom stereocenters. The predicted octanol–water partition coefficient (Wildman–Crippen LogP) is 4.91. The Bertz CT molecular complexity index is 1590. The average molecular weight is 563 g/mol. The van der Waals surface area contributed by atoms with Crippen molar-refractivity contribution in [2.45, 2.75) is 26.4 Å². The molecule has 10 nitrogen and oxygen atoms in total. The van der Waals surface area contributed by atoms with Crippen LogP contribution in [0, 0.1) is 0 Å². The first kappa shape index (κ1) is 28.2. The summed E-state index contributed by atoms with van der Waals surface area (Å²) >= 11 is 0.996. The van der Waals surface area contributed by atoms with Gasteiger partial charge in [0.25, 0.3) is 0 Å². The molecule has 0 amide bonds. The molecule has 0 aliphatic carbocycles. The second kappa shape index (κ2) is 12.4. The van der Waals surface area contributed by atoms with E-state index in [1.807, 2.05) is 13.8 Å². The minimum absolute atomic E-state index is 0.0297. The third-order valence-corrected chi connectivity index (χ3v) is 6.37. The summed E-state index contributed by atoms with van der Waals surface area (Å²) in [4.78, 5) is 37.9. The number of carbonyl (C=O) groups excluding carboxylic acids is 1. The number of carboxylic acid groups (broad SMARTS) is 2. The summed E-state index contributed by atoms with van der Waals surface area (Å²) in [6, 6.07) is 16.0. The number of nitrogens with zero attached hydrogens (tertiary/aromatic N) is 2. The highest BCUT2D eigenvalue weighted by Crippen LogP contribution is 2.32. The van der Waals surface area contributed by atoms with Crippen molar-refractivity contribution >= 4 is 46.1 Å². The molecular formula is C29H26N2O8S. The predicted molar refractivity (Wildman–Crippen MR) is 148 cm³/mol. The molecule has 206 valence electrons. The summed E-state index contributed by atoms with van der Waals surface area (Å²) in [5, 5.41) is 19.5. The van der Waals surface area contributed by atoms with Crippen LogP contribution in [0.2, 0.25) is 0 Å². The number of carbonyl (C=O) groups is 3. The molecule has 40 heavy (non-hydrogen) atoms. The van der Waals surface area contributed by atoms with Gasteiger partial charge in [-0.2, -0.15) is 8.75 Å². The second-order valence-corrected chi connectivity index (χ2v) is 9.51. The third-order valence-electron chi connectivity index (χ3n) is 5.81. The van der Waals surface area contributed by atoms with Crippen LogP contribution in [0.5, 0.6) is 17.2 Å². The first-order valence-corrected chi connectivity index (χ1v) is 12.9. The molecule has 0 aliphatic heterocycles. The molecule has 1 aromatic heterocycles. The Balaban J connectivity index is 1.87. The monoisotopic (exact) mass is 562 g/mol. The lowest BCUT2D eigenvalue weighted by atomic mass is 9.89. The van der Waals surface area contributed by atoms with Crippen LogP contribution in [0.25, 0.3) is 16.6 Å². The zero-order valence-corrected chi connectivity index (χ0v) is 22.7. The first-order valence-electron chi connectivity index (χ1n) is 12.2. The fourth-order valence-corrected chi connectivity index (χ4v) is 4.57. The van der Waals surface area contributed by atoms with Gasteiger partial charge in [-0.3, -0.25) is 4.79 Å². The lowest BCUT2D eigenvalue weighted by molar-refractivity contribution is -0.139. The maximum absolute atomic E-state index is 14.0. The number of benzene rings is 3. The van der Waals surface area contributed by atoms with E-state index < -0.39 is 24.3 Å². The van der Waals surface area contributed by atoms with Gasteiger partial charge in [0.05, 0.1) is 30.5 Å². The van der Waals surface area contributed by atoms with E-state index in [1.165, 1.54) is 13.2 Å². The highest BCUT2D eigenvalue weighted by Gasteiger charge is 2.26. The number of fused-ring (bicyclic) bond motifs is 1. The number of rotatable bonds is 12. The van der Waals surface area contributed by atoms with Gasteiger partial charge in [-0.05, 0) is 67.4 Å². The Morgan fingerprint density at radius 3 is 2.20 bits per heavy atom. The minimum atomic E-state index is -1.31. The number of aliphatic carboxylic acids is 2. The van der Waals surface area contributed by atoms with Gasteiger partial charge in [0.1, 0.15) is 28.3 Å². The van der Waals surface area contributed by atoms with Crippen molar-refractivity contribution in [2.75, 3.05) is 13.7 Å². The Hall–Kier alpha value is -4.77. The van der Waals surface area contributed by atoms with Crippen molar-refractivity contribution in [3.05, 3.63) is 82.9 Å². The summed E-state index contributed by atoms with van der Waals surface area (Å²) < 4.78 is 24.8. The zero-order chi connectivity index (χ0) is 28.8. The van der Waals surface area contributed by atoms with Gasteiger partial charge in [0, 0.05) is 23.6 Å². The maximum atomic E-state index is 14.0. The zero-order valence-electron chi connectivity index (χ0n) is 21.9. The molecular weight excluding hydrogens is 536 g/mol. The number of hydrogen-bond donors (Lipinski definition) is 2. The van der Waals surface area contributed by atoms with E-state index >= 15 is 0 Å². The molecule has 4 aromatic rings. The molecule has 1 heterocycles. The van der Waals surface area contributed by atoms with Crippen LogP contribution in [0.15, 0.2) is 66.2 Å². The molecule has 0 atom stereocenters. The summed E-state index contributed by atoms with van der Waals surface area (Å²) in [6.07, 6.45) is -0.234. The van der Waals surface area contributed by atoms with Gasteiger partial charge in [0.2, 0.25) is 0 Å². The standard InChI is InChI=1S/C29H26N2O8S/c1-16(2)39-20-8-4-17(5-9-20)28(34)22(12-18-6-10-21(37-3)14-25(18)38-15-26(32)33)27(29(35)36)19-7-11-23-24(13-19)31-40-30-23/h4-11,13-14,16H,12,15H2,1-3H3,(H,32,33)(H,35,36). The second-order valence-electron chi connectivity index (χ2n) is 8.98. The van der Waals surface area contributed by atoms with Gasteiger partial charge in [-0.25, -0.2) is 9.59 Å². The van der Waals surface area contributed by atoms with Crippen molar-refractivity contribution in [2.24, 2.45) is 0 Å². The van der Waals surface area contributed by atoms with Crippen LogP contribution in [0.1, 0.15) is 35.3 Å². The van der Waals surface area contributed by atoms with Crippen LogP contribution >= 0.6 is 11.7 Å². The molecule has 2 N–H and O–H groups in total. The van der Waals surface area contributed by atoms with Crippen LogP contribution in [-0.2, 0) is 16.0 Å². The summed E-state index contributed by atoms with van der Waals surface area (Å²) in [5.74, 6) is -1.91. The average Bonchev–Trinajstić information content (AvgIpc) is 3.39. The topological polar surface area (TPSA) is 145 Å². The van der Waals surface area contributed by atoms with E-state index in [4.69, 9.17) is 19.3 Å². The van der Waals surface area contributed by atoms with Gasteiger partial charge in [-0.15, -0.1) is 0 Å². The smallest absolute Gasteiger partial charge is 0.341 e. The maximum Gasteiger partial charge on any atom is 0.341 e. The fraction of sp³-hybridized carbons (Fsp3) is 0.207. The molecule has 0 fully saturated rings.